The first-order chi connectivity index (χ1) is 11.3. The normalized spacial score (nSPS) is 16.7. The monoisotopic (exact) mass is 327 g/mol. The van der Waals surface area contributed by atoms with Crippen LogP contribution in [0.2, 0.25) is 0 Å². The predicted molar refractivity (Wildman–Crippen MR) is 95.5 cm³/mol. The van der Waals surface area contributed by atoms with Crippen LogP contribution in [0.25, 0.3) is 0 Å². The molecule has 1 saturated heterocycles. The second-order valence-electron chi connectivity index (χ2n) is 5.53. The smallest absolute Gasteiger partial charge is 0.0900 e. The standard InChI is InChI=1S/C18H21N3OS/c23-18(20-14-21-10-12-22-13-11-21)17(15-6-2-1-3-7-15)16-8-4-5-9-19-16/h1-9,17H,10-14H2,(H,20,23). The average Bonchev–Trinajstić information content (AvgIpc) is 2.63. The molecule has 1 fully saturated rings. The fraction of sp³-hybridized carbons (Fsp3) is 0.333. The Hall–Kier alpha value is -1.82. The topological polar surface area (TPSA) is 37.4 Å². The molecule has 1 unspecified atom stereocenters. The lowest BCUT2D eigenvalue weighted by Gasteiger charge is -2.28. The van der Waals surface area contributed by atoms with E-state index in [-0.39, 0.29) is 5.92 Å². The largest absolute Gasteiger partial charge is 0.379 e. The van der Waals surface area contributed by atoms with Crippen LogP contribution in [0, 0.1) is 0 Å². The number of hydrogen-bond donors (Lipinski definition) is 1. The Balaban J connectivity index is 1.74. The van der Waals surface area contributed by atoms with Crippen molar-refractivity contribution < 1.29 is 4.74 Å². The molecule has 3 rings (SSSR count). The van der Waals surface area contributed by atoms with Gasteiger partial charge >= 0.3 is 0 Å². The summed E-state index contributed by atoms with van der Waals surface area (Å²) in [4.78, 5) is 7.63. The van der Waals surface area contributed by atoms with Gasteiger partial charge in [-0.2, -0.15) is 0 Å². The number of aromatic nitrogens is 1. The molecule has 1 aliphatic heterocycles. The van der Waals surface area contributed by atoms with Crippen molar-refractivity contribution >= 4 is 17.2 Å². The summed E-state index contributed by atoms with van der Waals surface area (Å²) in [5.74, 6) is -0.0200. The fourth-order valence-corrected chi connectivity index (χ4v) is 3.02. The summed E-state index contributed by atoms with van der Waals surface area (Å²) in [6.45, 7) is 4.20. The second kappa shape index (κ2) is 8.15. The average molecular weight is 327 g/mol. The molecule has 0 amide bonds. The van der Waals surface area contributed by atoms with Gasteiger partial charge in [0.05, 0.1) is 36.5 Å². The Labute approximate surface area is 142 Å². The van der Waals surface area contributed by atoms with E-state index in [4.69, 9.17) is 17.0 Å². The van der Waals surface area contributed by atoms with Gasteiger partial charge in [-0.25, -0.2) is 0 Å². The number of morpholine rings is 1. The van der Waals surface area contributed by atoms with Crippen molar-refractivity contribution in [2.45, 2.75) is 5.92 Å². The van der Waals surface area contributed by atoms with Crippen LogP contribution >= 0.6 is 12.2 Å². The Morgan fingerprint density at radius 1 is 1.13 bits per heavy atom. The van der Waals surface area contributed by atoms with Gasteiger partial charge in [-0.1, -0.05) is 48.6 Å². The summed E-state index contributed by atoms with van der Waals surface area (Å²) in [5.41, 5.74) is 2.13. The zero-order valence-corrected chi connectivity index (χ0v) is 13.8. The highest BCUT2D eigenvalue weighted by molar-refractivity contribution is 7.80. The maximum absolute atomic E-state index is 5.70. The Bertz CT molecular complexity index is 575. The molecule has 1 aromatic heterocycles. The Kier molecular flexibility index (Phi) is 5.69. The van der Waals surface area contributed by atoms with Gasteiger partial charge in [-0.05, 0) is 17.7 Å². The number of hydrogen-bond acceptors (Lipinski definition) is 4. The van der Waals surface area contributed by atoms with Crippen LogP contribution in [0.5, 0.6) is 0 Å². The molecule has 0 bridgehead atoms. The maximum Gasteiger partial charge on any atom is 0.0900 e. The summed E-state index contributed by atoms with van der Waals surface area (Å²) < 4.78 is 5.38. The number of nitrogens with one attached hydrogen (secondary N) is 1. The first-order valence-corrected chi connectivity index (χ1v) is 8.29. The second-order valence-corrected chi connectivity index (χ2v) is 5.97. The molecule has 5 heteroatoms. The number of pyridine rings is 1. The molecule has 4 nitrogen and oxygen atoms in total. The lowest BCUT2D eigenvalue weighted by atomic mass is 9.95. The van der Waals surface area contributed by atoms with Crippen LogP contribution in [-0.2, 0) is 4.74 Å². The number of ether oxygens (including phenoxy) is 1. The van der Waals surface area contributed by atoms with E-state index in [0.29, 0.717) is 0 Å². The minimum absolute atomic E-state index is 0.0200. The molecule has 2 aromatic rings. The van der Waals surface area contributed by atoms with Gasteiger partial charge < -0.3 is 10.1 Å². The van der Waals surface area contributed by atoms with Crippen molar-refractivity contribution in [3.05, 3.63) is 66.0 Å². The van der Waals surface area contributed by atoms with Crippen molar-refractivity contribution in [3.63, 3.8) is 0 Å². The zero-order chi connectivity index (χ0) is 15.9. The molecule has 1 aromatic carbocycles. The number of rotatable bonds is 5. The molecule has 0 spiro atoms. The summed E-state index contributed by atoms with van der Waals surface area (Å²) in [6, 6.07) is 16.2. The lowest BCUT2D eigenvalue weighted by Crippen LogP contribution is -2.44. The van der Waals surface area contributed by atoms with Crippen LogP contribution in [0.15, 0.2) is 54.7 Å². The molecule has 1 aliphatic rings. The number of thiocarbonyl (C=S) groups is 1. The van der Waals surface area contributed by atoms with Gasteiger partial charge in [0, 0.05) is 19.3 Å². The molecule has 1 N–H and O–H groups in total. The van der Waals surface area contributed by atoms with E-state index in [1.165, 1.54) is 0 Å². The van der Waals surface area contributed by atoms with E-state index < -0.39 is 0 Å². The van der Waals surface area contributed by atoms with Crippen LogP contribution in [-0.4, -0.2) is 47.8 Å². The van der Waals surface area contributed by atoms with Crippen LogP contribution in [0.4, 0.5) is 0 Å². The van der Waals surface area contributed by atoms with E-state index in [0.717, 1.165) is 49.2 Å². The van der Waals surface area contributed by atoms with E-state index in [1.54, 1.807) is 0 Å². The molecule has 23 heavy (non-hydrogen) atoms. The van der Waals surface area contributed by atoms with E-state index in [9.17, 15) is 0 Å². The van der Waals surface area contributed by atoms with Crippen molar-refractivity contribution in [1.29, 1.82) is 0 Å². The van der Waals surface area contributed by atoms with Gasteiger partial charge in [-0.15, -0.1) is 0 Å². The summed E-state index contributed by atoms with van der Waals surface area (Å²) in [6.07, 6.45) is 1.82. The molecule has 0 aliphatic carbocycles. The first kappa shape index (κ1) is 16.1. The molecule has 120 valence electrons. The summed E-state index contributed by atoms with van der Waals surface area (Å²) >= 11 is 5.70. The van der Waals surface area contributed by atoms with Gasteiger partial charge in [-0.3, -0.25) is 9.88 Å². The van der Waals surface area contributed by atoms with Crippen molar-refractivity contribution in [1.82, 2.24) is 15.2 Å². The quantitative estimate of drug-likeness (QED) is 0.854. The van der Waals surface area contributed by atoms with Crippen LogP contribution in [0.1, 0.15) is 17.2 Å². The highest BCUT2D eigenvalue weighted by Crippen LogP contribution is 2.23. The highest BCUT2D eigenvalue weighted by atomic mass is 32.1. The molecule has 0 saturated carbocycles. The maximum atomic E-state index is 5.70. The third-order valence-electron chi connectivity index (χ3n) is 3.96. The van der Waals surface area contributed by atoms with Gasteiger partial charge in [0.2, 0.25) is 0 Å². The molecular weight excluding hydrogens is 306 g/mol. The van der Waals surface area contributed by atoms with E-state index in [2.05, 4.69) is 27.3 Å². The minimum Gasteiger partial charge on any atom is -0.379 e. The Morgan fingerprint density at radius 2 is 1.87 bits per heavy atom. The highest BCUT2D eigenvalue weighted by Gasteiger charge is 2.21. The summed E-state index contributed by atoms with van der Waals surface area (Å²) in [5, 5.41) is 3.41. The van der Waals surface area contributed by atoms with Crippen molar-refractivity contribution in [2.24, 2.45) is 0 Å². The fourth-order valence-electron chi connectivity index (χ4n) is 2.70. The van der Waals surface area contributed by atoms with Gasteiger partial charge in [0.15, 0.2) is 0 Å². The third-order valence-corrected chi connectivity index (χ3v) is 4.34. The zero-order valence-electron chi connectivity index (χ0n) is 13.0. The SMILES string of the molecule is S=C(NCN1CCOCC1)C(c1ccccc1)c1ccccn1. The van der Waals surface area contributed by atoms with Crippen molar-refractivity contribution in [2.75, 3.05) is 33.0 Å². The minimum atomic E-state index is -0.0200. The predicted octanol–water partition coefficient (Wildman–Crippen LogP) is 2.42. The molecule has 0 radical (unpaired) electrons. The Morgan fingerprint density at radius 3 is 2.57 bits per heavy atom. The number of nitrogens with zero attached hydrogens (tertiary/aromatic N) is 2. The summed E-state index contributed by atoms with van der Waals surface area (Å²) in [7, 11) is 0. The number of benzene rings is 1. The lowest BCUT2D eigenvalue weighted by molar-refractivity contribution is 0.0367. The van der Waals surface area contributed by atoms with Crippen molar-refractivity contribution in [3.8, 4) is 0 Å². The van der Waals surface area contributed by atoms with E-state index >= 15 is 0 Å². The molecular formula is C18H21N3OS. The van der Waals surface area contributed by atoms with Gasteiger partial charge in [0.1, 0.15) is 0 Å². The van der Waals surface area contributed by atoms with E-state index in [1.807, 2.05) is 42.6 Å². The van der Waals surface area contributed by atoms with Crippen LogP contribution in [0.3, 0.4) is 0 Å². The first-order valence-electron chi connectivity index (χ1n) is 7.88. The van der Waals surface area contributed by atoms with Crippen LogP contribution < -0.4 is 5.32 Å². The molecule has 1 atom stereocenters. The third kappa shape index (κ3) is 4.34. The van der Waals surface area contributed by atoms with Gasteiger partial charge in [0.25, 0.3) is 0 Å². The molecule has 2 heterocycles.